The topological polar surface area (TPSA) is 33.3 Å². The Morgan fingerprint density at radius 2 is 1.87 bits per heavy atom. The van der Waals surface area contributed by atoms with Crippen LogP contribution in [0.3, 0.4) is 0 Å². The van der Waals surface area contributed by atoms with Gasteiger partial charge in [0.05, 0.1) is 6.61 Å². The standard InChI is InChI=1S/C12H24N2O/c1-12(2,3)10-6-14-11(7-13-10)15-8-9-4-5-9/h9-11,13-14H,4-8H2,1-3H3. The van der Waals surface area contributed by atoms with Crippen molar-refractivity contribution in [1.82, 2.24) is 10.6 Å². The molecule has 2 unspecified atom stereocenters. The summed E-state index contributed by atoms with van der Waals surface area (Å²) in [6.45, 7) is 9.72. The van der Waals surface area contributed by atoms with E-state index in [4.69, 9.17) is 4.74 Å². The van der Waals surface area contributed by atoms with Gasteiger partial charge in [0.25, 0.3) is 0 Å². The Labute approximate surface area is 93.0 Å². The molecule has 0 aromatic heterocycles. The molecule has 0 radical (unpaired) electrons. The quantitative estimate of drug-likeness (QED) is 0.741. The average Bonchev–Trinajstić information content (AvgIpc) is 2.97. The van der Waals surface area contributed by atoms with Crippen molar-refractivity contribution >= 4 is 0 Å². The van der Waals surface area contributed by atoms with Crippen molar-refractivity contribution < 1.29 is 4.74 Å². The lowest BCUT2D eigenvalue weighted by Gasteiger charge is -2.38. The summed E-state index contributed by atoms with van der Waals surface area (Å²) < 4.78 is 5.79. The minimum absolute atomic E-state index is 0.226. The van der Waals surface area contributed by atoms with Crippen LogP contribution in [0, 0.1) is 11.3 Å². The van der Waals surface area contributed by atoms with E-state index in [1.807, 2.05) is 0 Å². The van der Waals surface area contributed by atoms with Crippen LogP contribution in [0.15, 0.2) is 0 Å². The van der Waals surface area contributed by atoms with Gasteiger partial charge in [-0.15, -0.1) is 0 Å². The second-order valence-corrected chi connectivity index (χ2v) is 6.00. The fourth-order valence-corrected chi connectivity index (χ4v) is 1.91. The summed E-state index contributed by atoms with van der Waals surface area (Å²) in [6.07, 6.45) is 2.96. The third kappa shape index (κ3) is 3.44. The number of hydrogen-bond donors (Lipinski definition) is 2. The molecular weight excluding hydrogens is 188 g/mol. The van der Waals surface area contributed by atoms with Gasteiger partial charge < -0.3 is 10.1 Å². The molecule has 1 aliphatic heterocycles. The molecular formula is C12H24N2O. The molecule has 2 atom stereocenters. The third-order valence-electron chi connectivity index (χ3n) is 3.37. The summed E-state index contributed by atoms with van der Waals surface area (Å²) in [6, 6.07) is 0.554. The van der Waals surface area contributed by atoms with Crippen LogP contribution in [-0.4, -0.2) is 32.0 Å². The summed E-state index contributed by atoms with van der Waals surface area (Å²) in [4.78, 5) is 0. The van der Waals surface area contributed by atoms with E-state index in [9.17, 15) is 0 Å². The van der Waals surface area contributed by atoms with Gasteiger partial charge in [-0.3, -0.25) is 5.32 Å². The Balaban J connectivity index is 1.67. The fraction of sp³-hybridized carbons (Fsp3) is 1.00. The molecule has 1 aliphatic carbocycles. The average molecular weight is 212 g/mol. The van der Waals surface area contributed by atoms with Gasteiger partial charge in [0.2, 0.25) is 0 Å². The highest BCUT2D eigenvalue weighted by Gasteiger charge is 2.30. The molecule has 2 rings (SSSR count). The molecule has 2 N–H and O–H groups in total. The van der Waals surface area contributed by atoms with Crippen LogP contribution >= 0.6 is 0 Å². The Bertz CT molecular complexity index is 200. The second-order valence-electron chi connectivity index (χ2n) is 6.00. The van der Waals surface area contributed by atoms with E-state index in [0.29, 0.717) is 11.5 Å². The highest BCUT2D eigenvalue weighted by Crippen LogP contribution is 2.29. The molecule has 2 fully saturated rings. The van der Waals surface area contributed by atoms with Crippen molar-refractivity contribution in [3.05, 3.63) is 0 Å². The molecule has 0 bridgehead atoms. The molecule has 3 heteroatoms. The summed E-state index contributed by atoms with van der Waals surface area (Å²) >= 11 is 0. The zero-order chi connectivity index (χ0) is 10.9. The minimum Gasteiger partial charge on any atom is -0.362 e. The van der Waals surface area contributed by atoms with Gasteiger partial charge in [0.1, 0.15) is 6.23 Å². The van der Waals surface area contributed by atoms with E-state index in [1.165, 1.54) is 12.8 Å². The minimum atomic E-state index is 0.226. The molecule has 3 nitrogen and oxygen atoms in total. The number of nitrogens with one attached hydrogen (secondary N) is 2. The molecule has 15 heavy (non-hydrogen) atoms. The first-order chi connectivity index (χ1) is 7.05. The van der Waals surface area contributed by atoms with Crippen LogP contribution < -0.4 is 10.6 Å². The monoisotopic (exact) mass is 212 g/mol. The number of hydrogen-bond acceptors (Lipinski definition) is 3. The van der Waals surface area contributed by atoms with Crippen LogP contribution in [-0.2, 0) is 4.74 Å². The van der Waals surface area contributed by atoms with Crippen molar-refractivity contribution in [2.45, 2.75) is 45.9 Å². The zero-order valence-electron chi connectivity index (χ0n) is 10.2. The van der Waals surface area contributed by atoms with Crippen LogP contribution in [0.25, 0.3) is 0 Å². The predicted molar refractivity (Wildman–Crippen MR) is 61.7 cm³/mol. The van der Waals surface area contributed by atoms with Gasteiger partial charge >= 0.3 is 0 Å². The van der Waals surface area contributed by atoms with E-state index >= 15 is 0 Å². The fourth-order valence-electron chi connectivity index (χ4n) is 1.91. The van der Waals surface area contributed by atoms with Crippen LogP contribution in [0.2, 0.25) is 0 Å². The van der Waals surface area contributed by atoms with Crippen molar-refractivity contribution in [3.8, 4) is 0 Å². The van der Waals surface area contributed by atoms with Crippen molar-refractivity contribution in [3.63, 3.8) is 0 Å². The summed E-state index contributed by atoms with van der Waals surface area (Å²) in [5.41, 5.74) is 0.328. The number of rotatable bonds is 3. The summed E-state index contributed by atoms with van der Waals surface area (Å²) in [7, 11) is 0. The maximum absolute atomic E-state index is 5.79. The summed E-state index contributed by atoms with van der Waals surface area (Å²) in [5, 5.41) is 7.04. The van der Waals surface area contributed by atoms with Gasteiger partial charge in [-0.05, 0) is 24.2 Å². The maximum atomic E-state index is 5.79. The molecule has 0 amide bonds. The number of ether oxygens (including phenoxy) is 1. The van der Waals surface area contributed by atoms with Crippen molar-refractivity contribution in [1.29, 1.82) is 0 Å². The lowest BCUT2D eigenvalue weighted by molar-refractivity contribution is -0.000485. The molecule has 0 aromatic carbocycles. The zero-order valence-corrected chi connectivity index (χ0v) is 10.2. The maximum Gasteiger partial charge on any atom is 0.120 e. The predicted octanol–water partition coefficient (Wildman–Crippen LogP) is 1.35. The van der Waals surface area contributed by atoms with Crippen LogP contribution in [0.1, 0.15) is 33.6 Å². The Kier molecular flexibility index (Phi) is 3.33. The lowest BCUT2D eigenvalue weighted by Crippen LogP contribution is -2.59. The van der Waals surface area contributed by atoms with Crippen molar-refractivity contribution in [2.75, 3.05) is 19.7 Å². The first-order valence-corrected chi connectivity index (χ1v) is 6.14. The highest BCUT2D eigenvalue weighted by molar-refractivity contribution is 4.87. The largest absolute Gasteiger partial charge is 0.362 e. The first-order valence-electron chi connectivity index (χ1n) is 6.14. The second kappa shape index (κ2) is 4.40. The van der Waals surface area contributed by atoms with Gasteiger partial charge in [0, 0.05) is 19.1 Å². The molecule has 1 saturated carbocycles. The normalized spacial score (nSPS) is 33.0. The lowest BCUT2D eigenvalue weighted by atomic mass is 9.86. The summed E-state index contributed by atoms with van der Waals surface area (Å²) in [5.74, 6) is 0.854. The molecule has 1 heterocycles. The molecule has 0 aromatic rings. The molecule has 0 spiro atoms. The number of piperazine rings is 1. The first kappa shape index (κ1) is 11.4. The molecule has 2 aliphatic rings. The van der Waals surface area contributed by atoms with E-state index in [2.05, 4.69) is 31.4 Å². The van der Waals surface area contributed by atoms with E-state index < -0.39 is 0 Å². The molecule has 88 valence electrons. The SMILES string of the molecule is CC(C)(C)C1CNC(OCC2CC2)CN1. The van der Waals surface area contributed by atoms with Gasteiger partial charge in [-0.2, -0.15) is 0 Å². The van der Waals surface area contributed by atoms with E-state index in [0.717, 1.165) is 25.6 Å². The van der Waals surface area contributed by atoms with Gasteiger partial charge in [-0.1, -0.05) is 20.8 Å². The van der Waals surface area contributed by atoms with E-state index in [1.54, 1.807) is 0 Å². The highest BCUT2D eigenvalue weighted by atomic mass is 16.5. The Morgan fingerprint density at radius 1 is 1.13 bits per heavy atom. The van der Waals surface area contributed by atoms with Crippen molar-refractivity contribution in [2.24, 2.45) is 11.3 Å². The Hall–Kier alpha value is -0.120. The smallest absolute Gasteiger partial charge is 0.120 e. The van der Waals surface area contributed by atoms with Crippen LogP contribution in [0.4, 0.5) is 0 Å². The molecule has 1 saturated heterocycles. The Morgan fingerprint density at radius 3 is 2.33 bits per heavy atom. The third-order valence-corrected chi connectivity index (χ3v) is 3.37. The van der Waals surface area contributed by atoms with Gasteiger partial charge in [-0.25, -0.2) is 0 Å². The van der Waals surface area contributed by atoms with E-state index in [-0.39, 0.29) is 6.23 Å². The van der Waals surface area contributed by atoms with Gasteiger partial charge in [0.15, 0.2) is 0 Å². The van der Waals surface area contributed by atoms with Crippen LogP contribution in [0.5, 0.6) is 0 Å².